The highest BCUT2D eigenvalue weighted by molar-refractivity contribution is 7.92. The Morgan fingerprint density at radius 2 is 1.55 bits per heavy atom. The molecular weight excluding hydrogens is 505 g/mol. The second kappa shape index (κ2) is 12.7. The number of amides is 2. The Labute approximate surface area is 224 Å². The van der Waals surface area contributed by atoms with Gasteiger partial charge in [0.05, 0.1) is 10.6 Å². The van der Waals surface area contributed by atoms with E-state index in [4.69, 9.17) is 0 Å². The Bertz CT molecular complexity index is 1380. The number of likely N-dealkylation sites (N-methyl/N-ethyl adjacent to an activating group) is 1. The average molecular weight is 540 g/mol. The van der Waals surface area contributed by atoms with Gasteiger partial charge in [-0.15, -0.1) is 0 Å². The van der Waals surface area contributed by atoms with Crippen LogP contribution in [0.1, 0.15) is 37.0 Å². The fraction of sp³-hybridized carbons (Fsp3) is 0.310. The molecule has 0 spiro atoms. The lowest BCUT2D eigenvalue weighted by Gasteiger charge is -2.33. The first-order valence-corrected chi connectivity index (χ1v) is 14.0. The molecule has 0 aromatic heterocycles. The number of hydrogen-bond donors (Lipinski definition) is 1. The van der Waals surface area contributed by atoms with Crippen LogP contribution in [-0.4, -0.2) is 44.3 Å². The number of para-hydroxylation sites is 1. The van der Waals surface area contributed by atoms with Gasteiger partial charge < -0.3 is 10.2 Å². The highest BCUT2D eigenvalue weighted by Crippen LogP contribution is 2.27. The molecule has 0 saturated carbocycles. The molecule has 2 amide bonds. The summed E-state index contributed by atoms with van der Waals surface area (Å²) in [5.74, 6) is -1.74. The van der Waals surface area contributed by atoms with Crippen LogP contribution in [0.2, 0.25) is 0 Å². The van der Waals surface area contributed by atoms with E-state index >= 15 is 0 Å². The van der Waals surface area contributed by atoms with Crippen LogP contribution >= 0.6 is 0 Å². The van der Waals surface area contributed by atoms with Gasteiger partial charge in [0, 0.05) is 13.1 Å². The maximum atomic E-state index is 15.0. The minimum Gasteiger partial charge on any atom is -0.355 e. The van der Waals surface area contributed by atoms with E-state index in [9.17, 15) is 22.4 Å². The smallest absolute Gasteiger partial charge is 0.264 e. The van der Waals surface area contributed by atoms with Crippen molar-refractivity contribution in [3.8, 4) is 0 Å². The Morgan fingerprint density at radius 3 is 2.16 bits per heavy atom. The number of carbonyl (C=O) groups is 2. The number of nitrogens with zero attached hydrogens (tertiary/aromatic N) is 2. The fourth-order valence-corrected chi connectivity index (χ4v) is 5.61. The molecule has 1 atom stereocenters. The molecule has 0 fully saturated rings. The minimum absolute atomic E-state index is 0.0691. The maximum absolute atomic E-state index is 15.0. The molecule has 0 aliphatic carbocycles. The third kappa shape index (κ3) is 6.58. The molecule has 0 saturated heterocycles. The molecule has 7 nitrogen and oxygen atoms in total. The molecular formula is C29H34FN3O4S. The number of anilines is 1. The number of hydrogen-bond acceptors (Lipinski definition) is 4. The van der Waals surface area contributed by atoms with Crippen LogP contribution in [0.5, 0.6) is 0 Å². The zero-order valence-electron chi connectivity index (χ0n) is 22.1. The fourth-order valence-electron chi connectivity index (χ4n) is 4.19. The van der Waals surface area contributed by atoms with Crippen molar-refractivity contribution in [2.24, 2.45) is 0 Å². The summed E-state index contributed by atoms with van der Waals surface area (Å²) in [6.07, 6.45) is 0.313. The van der Waals surface area contributed by atoms with E-state index in [0.29, 0.717) is 13.0 Å². The summed E-state index contributed by atoms with van der Waals surface area (Å²) in [7, 11) is -4.32. The lowest BCUT2D eigenvalue weighted by molar-refractivity contribution is -0.140. The first-order chi connectivity index (χ1) is 18.1. The number of halogens is 1. The highest BCUT2D eigenvalue weighted by Gasteiger charge is 2.34. The van der Waals surface area contributed by atoms with Gasteiger partial charge in [-0.1, -0.05) is 61.0 Å². The van der Waals surface area contributed by atoms with Gasteiger partial charge in [0.1, 0.15) is 18.4 Å². The molecule has 1 N–H and O–H groups in total. The second-order valence-electron chi connectivity index (χ2n) is 9.04. The van der Waals surface area contributed by atoms with Gasteiger partial charge in [0.25, 0.3) is 10.0 Å². The second-order valence-corrected chi connectivity index (χ2v) is 10.9. The first-order valence-electron chi connectivity index (χ1n) is 12.6. The van der Waals surface area contributed by atoms with E-state index in [1.807, 2.05) is 38.1 Å². The third-order valence-electron chi connectivity index (χ3n) is 6.35. The summed E-state index contributed by atoms with van der Waals surface area (Å²) in [5, 5.41) is 2.76. The van der Waals surface area contributed by atoms with Crippen molar-refractivity contribution in [1.82, 2.24) is 10.2 Å². The van der Waals surface area contributed by atoms with E-state index in [2.05, 4.69) is 5.32 Å². The highest BCUT2D eigenvalue weighted by atomic mass is 32.2. The zero-order valence-corrected chi connectivity index (χ0v) is 23.0. The van der Waals surface area contributed by atoms with Gasteiger partial charge in [-0.2, -0.15) is 0 Å². The summed E-state index contributed by atoms with van der Waals surface area (Å²) in [5.41, 5.74) is 2.36. The predicted octanol–water partition coefficient (Wildman–Crippen LogP) is 4.58. The molecule has 1 unspecified atom stereocenters. The van der Waals surface area contributed by atoms with Crippen LogP contribution in [-0.2, 0) is 26.2 Å². The van der Waals surface area contributed by atoms with Gasteiger partial charge in [-0.05, 0) is 62.6 Å². The molecule has 0 aliphatic rings. The largest absolute Gasteiger partial charge is 0.355 e. The van der Waals surface area contributed by atoms with Crippen LogP contribution < -0.4 is 9.62 Å². The lowest BCUT2D eigenvalue weighted by atomic mass is 10.1. The normalized spacial score (nSPS) is 12.0. The molecule has 202 valence electrons. The van der Waals surface area contributed by atoms with Crippen molar-refractivity contribution >= 4 is 27.5 Å². The maximum Gasteiger partial charge on any atom is 0.264 e. The van der Waals surface area contributed by atoms with Crippen molar-refractivity contribution in [3.05, 3.63) is 95.3 Å². The van der Waals surface area contributed by atoms with Gasteiger partial charge >= 0.3 is 0 Å². The van der Waals surface area contributed by atoms with Crippen LogP contribution in [0.4, 0.5) is 10.1 Å². The summed E-state index contributed by atoms with van der Waals surface area (Å²) in [6, 6.07) is 18.2. The van der Waals surface area contributed by atoms with E-state index in [1.54, 1.807) is 26.0 Å². The van der Waals surface area contributed by atoms with Gasteiger partial charge in [-0.3, -0.25) is 13.9 Å². The Balaban J connectivity index is 2.08. The Morgan fingerprint density at radius 1 is 0.921 bits per heavy atom. The predicted molar refractivity (Wildman–Crippen MR) is 147 cm³/mol. The number of rotatable bonds is 11. The Hall–Kier alpha value is -3.72. The molecule has 38 heavy (non-hydrogen) atoms. The van der Waals surface area contributed by atoms with Gasteiger partial charge in [0.2, 0.25) is 11.8 Å². The molecule has 3 aromatic rings. The summed E-state index contributed by atoms with van der Waals surface area (Å²) >= 11 is 0. The summed E-state index contributed by atoms with van der Waals surface area (Å²) < 4.78 is 43.2. The summed E-state index contributed by atoms with van der Waals surface area (Å²) in [6.45, 7) is 7.09. The summed E-state index contributed by atoms with van der Waals surface area (Å²) in [4.78, 5) is 28.2. The monoisotopic (exact) mass is 539 g/mol. The van der Waals surface area contributed by atoms with Crippen LogP contribution in [0.15, 0.2) is 77.7 Å². The topological polar surface area (TPSA) is 86.8 Å². The molecule has 0 radical (unpaired) electrons. The molecule has 3 aromatic carbocycles. The molecule has 0 heterocycles. The molecule has 9 heteroatoms. The lowest BCUT2D eigenvalue weighted by Crippen LogP contribution is -2.52. The molecule has 0 bridgehead atoms. The minimum atomic E-state index is -4.32. The van der Waals surface area contributed by atoms with E-state index in [1.165, 1.54) is 35.2 Å². The average Bonchev–Trinajstić information content (AvgIpc) is 2.89. The van der Waals surface area contributed by atoms with Crippen LogP contribution in [0.25, 0.3) is 0 Å². The van der Waals surface area contributed by atoms with Crippen molar-refractivity contribution in [2.75, 3.05) is 17.4 Å². The first kappa shape index (κ1) is 28.8. The molecule has 3 rings (SSSR count). The van der Waals surface area contributed by atoms with E-state index < -0.39 is 34.3 Å². The van der Waals surface area contributed by atoms with Crippen molar-refractivity contribution in [1.29, 1.82) is 0 Å². The van der Waals surface area contributed by atoms with Gasteiger partial charge in [0.15, 0.2) is 0 Å². The Kier molecular flexibility index (Phi) is 9.63. The standard InChI is InChI=1S/C29H34FN3O4S/c1-5-26(29(35)31-6-2)32(19-23-12-8-7-11-22(23)4)28(34)20-33(27-14-10-9-13-25(27)30)38(36,37)24-17-15-21(3)16-18-24/h7-18,26H,5-6,19-20H2,1-4H3,(H,31,35). The number of sulfonamides is 1. The van der Waals surface area contributed by atoms with Gasteiger partial charge in [-0.25, -0.2) is 12.8 Å². The number of aryl methyl sites for hydroxylation is 2. The zero-order chi connectivity index (χ0) is 27.9. The quantitative estimate of drug-likeness (QED) is 0.387. The van der Waals surface area contributed by atoms with Crippen LogP contribution in [0, 0.1) is 19.7 Å². The van der Waals surface area contributed by atoms with E-state index in [0.717, 1.165) is 27.1 Å². The van der Waals surface area contributed by atoms with Crippen molar-refractivity contribution in [2.45, 2.75) is 51.6 Å². The van der Waals surface area contributed by atoms with Crippen molar-refractivity contribution < 1.29 is 22.4 Å². The SMILES string of the molecule is CCNC(=O)C(CC)N(Cc1ccccc1C)C(=O)CN(c1ccccc1F)S(=O)(=O)c1ccc(C)cc1. The number of nitrogens with one attached hydrogen (secondary N) is 1. The van der Waals surface area contributed by atoms with E-state index in [-0.39, 0.29) is 23.0 Å². The number of benzene rings is 3. The van der Waals surface area contributed by atoms with Crippen molar-refractivity contribution in [3.63, 3.8) is 0 Å². The van der Waals surface area contributed by atoms with Crippen LogP contribution in [0.3, 0.4) is 0 Å². The molecule has 0 aliphatic heterocycles. The number of carbonyl (C=O) groups excluding carboxylic acids is 2. The third-order valence-corrected chi connectivity index (χ3v) is 8.12.